The van der Waals surface area contributed by atoms with Gasteiger partial charge in [-0.05, 0) is 41.7 Å². The molecule has 0 bridgehead atoms. The van der Waals surface area contributed by atoms with E-state index in [-0.39, 0.29) is 17.2 Å². The molecule has 1 aliphatic heterocycles. The Labute approximate surface area is 145 Å². The van der Waals surface area contributed by atoms with Crippen molar-refractivity contribution in [3.63, 3.8) is 0 Å². The fourth-order valence-electron chi connectivity index (χ4n) is 3.13. The van der Waals surface area contributed by atoms with E-state index in [1.807, 2.05) is 6.07 Å². The lowest BCUT2D eigenvalue weighted by Crippen LogP contribution is -2.48. The third-order valence-corrected chi connectivity index (χ3v) is 4.80. The molecule has 0 saturated heterocycles. The summed E-state index contributed by atoms with van der Waals surface area (Å²) in [6, 6.07) is 4.97. The van der Waals surface area contributed by atoms with Crippen LogP contribution in [-0.4, -0.2) is 10.9 Å². The van der Waals surface area contributed by atoms with Crippen molar-refractivity contribution in [2.45, 2.75) is 32.7 Å². The average Bonchev–Trinajstić information content (AvgIpc) is 2.35. The largest absolute Gasteiger partial charge is 0.351 e. The maximum Gasteiger partial charge on any atom is 0.171 e. The number of allylic oxidation sites excluding steroid dienone is 1. The third-order valence-electron chi connectivity index (χ3n) is 4.02. The number of ketones is 1. The Hall–Kier alpha value is -1.10. The molecule has 0 radical (unpaired) electrons. The Morgan fingerprint density at radius 1 is 1.27 bits per heavy atom. The second-order valence-electron chi connectivity index (χ2n) is 6.53. The molecular formula is C16H16Cl2N2OS. The zero-order chi connectivity index (χ0) is 16.1. The molecule has 22 heavy (non-hydrogen) atoms. The van der Waals surface area contributed by atoms with Crippen molar-refractivity contribution in [2.24, 2.45) is 5.41 Å². The average molecular weight is 355 g/mol. The van der Waals surface area contributed by atoms with Crippen LogP contribution in [0.3, 0.4) is 0 Å². The van der Waals surface area contributed by atoms with Crippen LogP contribution < -0.4 is 10.6 Å². The van der Waals surface area contributed by atoms with Gasteiger partial charge in [0.2, 0.25) is 0 Å². The lowest BCUT2D eigenvalue weighted by molar-refractivity contribution is -0.118. The second kappa shape index (κ2) is 5.52. The first-order chi connectivity index (χ1) is 10.3. The molecule has 6 heteroatoms. The summed E-state index contributed by atoms with van der Waals surface area (Å²) in [5.74, 6) is 0.129. The van der Waals surface area contributed by atoms with Gasteiger partial charge in [-0.1, -0.05) is 43.1 Å². The quantitative estimate of drug-likeness (QED) is 0.743. The maximum absolute atomic E-state index is 12.7. The lowest BCUT2D eigenvalue weighted by Gasteiger charge is -2.39. The van der Waals surface area contributed by atoms with Crippen LogP contribution in [0, 0.1) is 5.41 Å². The fourth-order valence-corrected chi connectivity index (χ4v) is 3.89. The fraction of sp³-hybridized carbons (Fsp3) is 0.375. The van der Waals surface area contributed by atoms with Gasteiger partial charge in [0.25, 0.3) is 0 Å². The van der Waals surface area contributed by atoms with Crippen LogP contribution in [0.2, 0.25) is 10.0 Å². The van der Waals surface area contributed by atoms with Crippen LogP contribution in [-0.2, 0) is 4.79 Å². The number of carbonyl (C=O) groups is 1. The predicted octanol–water partition coefficient (Wildman–Crippen LogP) is 4.16. The molecule has 1 aromatic rings. The van der Waals surface area contributed by atoms with Crippen LogP contribution in [0.4, 0.5) is 0 Å². The summed E-state index contributed by atoms with van der Waals surface area (Å²) in [5.41, 5.74) is 2.39. The lowest BCUT2D eigenvalue weighted by atomic mass is 9.73. The molecule has 0 fully saturated rings. The highest BCUT2D eigenvalue weighted by Gasteiger charge is 2.40. The number of rotatable bonds is 1. The van der Waals surface area contributed by atoms with Gasteiger partial charge in [-0.15, -0.1) is 0 Å². The van der Waals surface area contributed by atoms with Crippen LogP contribution in [0.5, 0.6) is 0 Å². The molecule has 116 valence electrons. The van der Waals surface area contributed by atoms with Gasteiger partial charge in [0.15, 0.2) is 10.9 Å². The Balaban J connectivity index is 2.11. The number of nitrogens with one attached hydrogen (secondary N) is 2. The van der Waals surface area contributed by atoms with Crippen LogP contribution in [0.25, 0.3) is 0 Å². The summed E-state index contributed by atoms with van der Waals surface area (Å²) in [6.07, 6.45) is 1.31. The highest BCUT2D eigenvalue weighted by atomic mass is 35.5. The zero-order valence-corrected chi connectivity index (χ0v) is 14.6. The number of hydrogen-bond donors (Lipinski definition) is 2. The SMILES string of the molecule is CC1(C)CC(=O)C2=C(C1)NC(=S)N[C@@H]2c1ccc(Cl)cc1Cl. The normalized spacial score (nSPS) is 23.7. The molecule has 2 N–H and O–H groups in total. The summed E-state index contributed by atoms with van der Waals surface area (Å²) in [4.78, 5) is 12.7. The van der Waals surface area contributed by atoms with Crippen molar-refractivity contribution in [3.8, 4) is 0 Å². The minimum atomic E-state index is -0.322. The molecule has 0 spiro atoms. The molecule has 1 atom stereocenters. The first-order valence-corrected chi connectivity index (χ1v) is 8.22. The molecule has 0 amide bonds. The molecule has 3 rings (SSSR count). The third kappa shape index (κ3) is 2.87. The molecule has 3 nitrogen and oxygen atoms in total. The van der Waals surface area contributed by atoms with E-state index in [1.165, 1.54) is 0 Å². The van der Waals surface area contributed by atoms with E-state index < -0.39 is 0 Å². The van der Waals surface area contributed by atoms with E-state index in [0.29, 0.717) is 21.6 Å². The van der Waals surface area contributed by atoms with E-state index in [4.69, 9.17) is 35.4 Å². The maximum atomic E-state index is 12.7. The van der Waals surface area contributed by atoms with Gasteiger partial charge in [-0.25, -0.2) is 0 Å². The first-order valence-electron chi connectivity index (χ1n) is 7.05. The summed E-state index contributed by atoms with van der Waals surface area (Å²) in [5, 5.41) is 7.92. The molecule has 1 heterocycles. The van der Waals surface area contributed by atoms with Crippen molar-refractivity contribution >= 4 is 46.3 Å². The topological polar surface area (TPSA) is 41.1 Å². The Kier molecular flexibility index (Phi) is 3.96. The van der Waals surface area contributed by atoms with Crippen molar-refractivity contribution < 1.29 is 4.79 Å². The van der Waals surface area contributed by atoms with Gasteiger partial charge >= 0.3 is 0 Å². The summed E-state index contributed by atoms with van der Waals surface area (Å²) < 4.78 is 0. The summed E-state index contributed by atoms with van der Waals surface area (Å²) in [6.45, 7) is 4.18. The molecule has 0 aromatic heterocycles. The summed E-state index contributed by atoms with van der Waals surface area (Å²) >= 11 is 17.6. The smallest absolute Gasteiger partial charge is 0.171 e. The van der Waals surface area contributed by atoms with Gasteiger partial charge in [-0.2, -0.15) is 0 Å². The van der Waals surface area contributed by atoms with Crippen molar-refractivity contribution in [1.82, 2.24) is 10.6 Å². The van der Waals surface area contributed by atoms with Gasteiger partial charge in [-0.3, -0.25) is 4.79 Å². The van der Waals surface area contributed by atoms with Gasteiger partial charge < -0.3 is 10.6 Å². The number of Topliss-reactive ketones (excluding diaryl/α,β-unsaturated/α-hetero) is 1. The first kappa shape index (κ1) is 15.8. The number of benzene rings is 1. The van der Waals surface area contributed by atoms with Crippen LogP contribution in [0.15, 0.2) is 29.5 Å². The zero-order valence-electron chi connectivity index (χ0n) is 12.3. The standard InChI is InChI=1S/C16H16Cl2N2OS/c1-16(2)6-11-13(12(21)7-16)14(20-15(22)19-11)9-4-3-8(17)5-10(9)18/h3-5,14H,6-7H2,1-2H3,(H2,19,20,22)/t14-/m1/s1. The molecule has 1 aliphatic carbocycles. The molecular weight excluding hydrogens is 339 g/mol. The predicted molar refractivity (Wildman–Crippen MR) is 93.1 cm³/mol. The van der Waals surface area contributed by atoms with Crippen LogP contribution >= 0.6 is 35.4 Å². The molecule has 2 aliphatic rings. The van der Waals surface area contributed by atoms with Gasteiger partial charge in [0.1, 0.15) is 0 Å². The monoisotopic (exact) mass is 354 g/mol. The number of hydrogen-bond acceptors (Lipinski definition) is 2. The minimum Gasteiger partial charge on any atom is -0.351 e. The number of carbonyl (C=O) groups excluding carboxylic acids is 1. The van der Waals surface area contributed by atoms with Crippen LogP contribution in [0.1, 0.15) is 38.3 Å². The van der Waals surface area contributed by atoms with Gasteiger partial charge in [0.05, 0.1) is 6.04 Å². The highest BCUT2D eigenvalue weighted by molar-refractivity contribution is 7.80. The minimum absolute atomic E-state index is 0.0653. The van der Waals surface area contributed by atoms with Gasteiger partial charge in [0, 0.05) is 27.7 Å². The van der Waals surface area contributed by atoms with E-state index in [2.05, 4.69) is 24.5 Å². The Bertz CT molecular complexity index is 712. The van der Waals surface area contributed by atoms with E-state index in [0.717, 1.165) is 23.3 Å². The Morgan fingerprint density at radius 2 is 2.00 bits per heavy atom. The molecule has 1 aromatic carbocycles. The number of thiocarbonyl (C=S) groups is 1. The van der Waals surface area contributed by atoms with E-state index in [9.17, 15) is 4.79 Å². The molecule has 0 unspecified atom stereocenters. The second-order valence-corrected chi connectivity index (χ2v) is 7.78. The Morgan fingerprint density at radius 3 is 2.68 bits per heavy atom. The van der Waals surface area contributed by atoms with E-state index >= 15 is 0 Å². The molecule has 0 saturated carbocycles. The summed E-state index contributed by atoms with van der Waals surface area (Å²) in [7, 11) is 0. The van der Waals surface area contributed by atoms with Crippen molar-refractivity contribution in [2.75, 3.05) is 0 Å². The number of halogens is 2. The van der Waals surface area contributed by atoms with Crippen molar-refractivity contribution in [3.05, 3.63) is 45.1 Å². The van der Waals surface area contributed by atoms with Crippen molar-refractivity contribution in [1.29, 1.82) is 0 Å². The highest BCUT2D eigenvalue weighted by Crippen LogP contribution is 2.42. The van der Waals surface area contributed by atoms with E-state index in [1.54, 1.807) is 12.1 Å².